The third kappa shape index (κ3) is 3.46. The maximum Gasteiger partial charge on any atom is 0.253 e. The number of nitrogens with one attached hydrogen (secondary N) is 1. The first-order valence-electron chi connectivity index (χ1n) is 5.56. The predicted octanol–water partition coefficient (Wildman–Crippen LogP) is 1.73. The van der Waals surface area contributed by atoms with E-state index in [9.17, 15) is 4.79 Å². The van der Waals surface area contributed by atoms with Gasteiger partial charge in [0.25, 0.3) is 5.91 Å². The Morgan fingerprint density at radius 2 is 2.12 bits per heavy atom. The lowest BCUT2D eigenvalue weighted by molar-refractivity contribution is 0.0229. The quantitative estimate of drug-likeness (QED) is 0.782. The van der Waals surface area contributed by atoms with Gasteiger partial charge in [0.05, 0.1) is 11.2 Å². The van der Waals surface area contributed by atoms with Crippen LogP contribution in [0.2, 0.25) is 0 Å². The summed E-state index contributed by atoms with van der Waals surface area (Å²) in [5, 5.41) is 2.81. The molecular weight excluding hydrogens is 216 g/mol. The molecule has 1 aromatic carbocycles. The molecule has 0 aliphatic heterocycles. The lowest BCUT2D eigenvalue weighted by atomic mass is 10.1. The van der Waals surface area contributed by atoms with E-state index in [0.717, 1.165) is 5.56 Å². The average Bonchev–Trinajstić information content (AvgIpc) is 2.30. The van der Waals surface area contributed by atoms with Crippen LogP contribution in [0.15, 0.2) is 18.2 Å². The van der Waals surface area contributed by atoms with E-state index in [1.54, 1.807) is 13.2 Å². The molecule has 4 heteroatoms. The van der Waals surface area contributed by atoms with E-state index in [4.69, 9.17) is 10.5 Å². The van der Waals surface area contributed by atoms with E-state index in [1.807, 2.05) is 32.9 Å². The standard InChI is InChI=1S/C13H20N2O2/c1-9-6-5-7-10(11(9)14)12(16)15-8-13(2,3)17-4/h5-7H,8,14H2,1-4H3,(H,15,16). The molecule has 0 aliphatic carbocycles. The predicted molar refractivity (Wildman–Crippen MR) is 69.0 cm³/mol. The van der Waals surface area contributed by atoms with Crippen LogP contribution in [-0.2, 0) is 4.74 Å². The van der Waals surface area contributed by atoms with Crippen molar-refractivity contribution in [3.63, 3.8) is 0 Å². The van der Waals surface area contributed by atoms with Gasteiger partial charge in [0, 0.05) is 19.3 Å². The van der Waals surface area contributed by atoms with Gasteiger partial charge in [-0.2, -0.15) is 0 Å². The number of nitrogens with two attached hydrogens (primary N) is 1. The number of hydrogen-bond acceptors (Lipinski definition) is 3. The highest BCUT2D eigenvalue weighted by Crippen LogP contribution is 2.16. The number of anilines is 1. The summed E-state index contributed by atoms with van der Waals surface area (Å²) >= 11 is 0. The molecule has 0 heterocycles. The lowest BCUT2D eigenvalue weighted by Crippen LogP contribution is -2.39. The van der Waals surface area contributed by atoms with Crippen LogP contribution in [-0.4, -0.2) is 25.2 Å². The second-order valence-corrected chi connectivity index (χ2v) is 4.68. The van der Waals surface area contributed by atoms with Crippen molar-refractivity contribution in [3.8, 4) is 0 Å². The third-order valence-electron chi connectivity index (χ3n) is 2.80. The van der Waals surface area contributed by atoms with Gasteiger partial charge in [-0.1, -0.05) is 12.1 Å². The van der Waals surface area contributed by atoms with E-state index in [1.165, 1.54) is 0 Å². The average molecular weight is 236 g/mol. The van der Waals surface area contributed by atoms with Gasteiger partial charge in [-0.25, -0.2) is 0 Å². The Morgan fingerprint density at radius 1 is 1.47 bits per heavy atom. The molecule has 0 aromatic heterocycles. The molecule has 1 rings (SSSR count). The number of carbonyl (C=O) groups excluding carboxylic acids is 1. The first-order chi connectivity index (χ1) is 7.87. The van der Waals surface area contributed by atoms with Crippen molar-refractivity contribution in [2.75, 3.05) is 19.4 Å². The molecule has 0 saturated carbocycles. The number of para-hydroxylation sites is 1. The minimum absolute atomic E-state index is 0.170. The molecule has 0 bridgehead atoms. The summed E-state index contributed by atoms with van der Waals surface area (Å²) in [6, 6.07) is 5.42. The summed E-state index contributed by atoms with van der Waals surface area (Å²) in [5.74, 6) is -0.170. The number of aryl methyl sites for hydroxylation is 1. The van der Waals surface area contributed by atoms with Crippen molar-refractivity contribution >= 4 is 11.6 Å². The topological polar surface area (TPSA) is 64.3 Å². The Labute approximate surface area is 102 Å². The SMILES string of the molecule is COC(C)(C)CNC(=O)c1cccc(C)c1N. The number of nitrogen functional groups attached to an aromatic ring is 1. The van der Waals surface area contributed by atoms with Crippen LogP contribution < -0.4 is 11.1 Å². The van der Waals surface area contributed by atoms with Crippen molar-refractivity contribution in [2.45, 2.75) is 26.4 Å². The van der Waals surface area contributed by atoms with E-state index in [2.05, 4.69) is 5.32 Å². The first kappa shape index (κ1) is 13.5. The first-order valence-corrected chi connectivity index (χ1v) is 5.56. The van der Waals surface area contributed by atoms with Gasteiger partial charge >= 0.3 is 0 Å². The van der Waals surface area contributed by atoms with Crippen LogP contribution in [0.25, 0.3) is 0 Å². The zero-order valence-electron chi connectivity index (χ0n) is 10.8. The minimum Gasteiger partial charge on any atom is -0.398 e. The maximum atomic E-state index is 11.9. The second kappa shape index (κ2) is 5.19. The molecule has 0 spiro atoms. The Bertz CT molecular complexity index is 414. The third-order valence-corrected chi connectivity index (χ3v) is 2.80. The maximum absolute atomic E-state index is 11.9. The summed E-state index contributed by atoms with van der Waals surface area (Å²) in [4.78, 5) is 11.9. The molecule has 0 radical (unpaired) electrons. The van der Waals surface area contributed by atoms with E-state index in [-0.39, 0.29) is 11.5 Å². The summed E-state index contributed by atoms with van der Waals surface area (Å²) < 4.78 is 5.23. The van der Waals surface area contributed by atoms with E-state index >= 15 is 0 Å². The number of carbonyl (C=O) groups is 1. The molecule has 4 nitrogen and oxygen atoms in total. The normalized spacial score (nSPS) is 11.3. The summed E-state index contributed by atoms with van der Waals surface area (Å²) in [6.07, 6.45) is 0. The van der Waals surface area contributed by atoms with Crippen LogP contribution in [0.5, 0.6) is 0 Å². The van der Waals surface area contributed by atoms with Gasteiger partial charge < -0.3 is 15.8 Å². The Balaban J connectivity index is 2.74. The zero-order chi connectivity index (χ0) is 13.1. The van der Waals surface area contributed by atoms with Crippen molar-refractivity contribution in [3.05, 3.63) is 29.3 Å². The molecule has 3 N–H and O–H groups in total. The molecule has 0 fully saturated rings. The monoisotopic (exact) mass is 236 g/mol. The molecule has 0 unspecified atom stereocenters. The van der Waals surface area contributed by atoms with Gasteiger partial charge in [-0.05, 0) is 32.4 Å². The highest BCUT2D eigenvalue weighted by molar-refractivity contribution is 5.99. The largest absolute Gasteiger partial charge is 0.398 e. The van der Waals surface area contributed by atoms with Crippen molar-refractivity contribution in [2.24, 2.45) is 0 Å². The fraction of sp³-hybridized carbons (Fsp3) is 0.462. The van der Waals surface area contributed by atoms with Gasteiger partial charge in [-0.15, -0.1) is 0 Å². The Kier molecular flexibility index (Phi) is 4.12. The van der Waals surface area contributed by atoms with Crippen LogP contribution in [0.3, 0.4) is 0 Å². The Hall–Kier alpha value is -1.55. The summed E-state index contributed by atoms with van der Waals surface area (Å²) in [7, 11) is 1.62. The highest BCUT2D eigenvalue weighted by Gasteiger charge is 2.18. The Morgan fingerprint density at radius 3 is 2.71 bits per heavy atom. The molecule has 1 amide bonds. The van der Waals surface area contributed by atoms with Crippen LogP contribution in [0.1, 0.15) is 29.8 Å². The van der Waals surface area contributed by atoms with Gasteiger partial charge in [0.15, 0.2) is 0 Å². The number of rotatable bonds is 4. The van der Waals surface area contributed by atoms with E-state index in [0.29, 0.717) is 17.8 Å². The number of benzene rings is 1. The van der Waals surface area contributed by atoms with Crippen molar-refractivity contribution in [1.29, 1.82) is 0 Å². The highest BCUT2D eigenvalue weighted by atomic mass is 16.5. The lowest BCUT2D eigenvalue weighted by Gasteiger charge is -2.23. The molecular formula is C13H20N2O2. The smallest absolute Gasteiger partial charge is 0.253 e. The summed E-state index contributed by atoms with van der Waals surface area (Å²) in [6.45, 7) is 6.14. The molecule has 17 heavy (non-hydrogen) atoms. The second-order valence-electron chi connectivity index (χ2n) is 4.68. The van der Waals surface area contributed by atoms with Gasteiger partial charge in [0.1, 0.15) is 0 Å². The van der Waals surface area contributed by atoms with Crippen LogP contribution >= 0.6 is 0 Å². The fourth-order valence-corrected chi connectivity index (χ4v) is 1.34. The number of ether oxygens (including phenoxy) is 1. The molecule has 1 aromatic rings. The molecule has 0 saturated heterocycles. The number of hydrogen-bond donors (Lipinski definition) is 2. The fourth-order valence-electron chi connectivity index (χ4n) is 1.34. The zero-order valence-corrected chi connectivity index (χ0v) is 10.8. The van der Waals surface area contributed by atoms with Gasteiger partial charge in [0.2, 0.25) is 0 Å². The number of methoxy groups -OCH3 is 1. The minimum atomic E-state index is -0.381. The van der Waals surface area contributed by atoms with Crippen LogP contribution in [0, 0.1) is 6.92 Å². The van der Waals surface area contributed by atoms with Gasteiger partial charge in [-0.3, -0.25) is 4.79 Å². The molecule has 0 atom stereocenters. The van der Waals surface area contributed by atoms with Crippen molar-refractivity contribution in [1.82, 2.24) is 5.32 Å². The van der Waals surface area contributed by atoms with E-state index < -0.39 is 0 Å². The molecule has 94 valence electrons. The molecule has 0 aliphatic rings. The van der Waals surface area contributed by atoms with Crippen LogP contribution in [0.4, 0.5) is 5.69 Å². The van der Waals surface area contributed by atoms with Crippen molar-refractivity contribution < 1.29 is 9.53 Å². The number of amides is 1. The summed E-state index contributed by atoms with van der Waals surface area (Å²) in [5.41, 5.74) is 7.43.